The van der Waals surface area contributed by atoms with E-state index in [4.69, 9.17) is 21.1 Å². The van der Waals surface area contributed by atoms with Gasteiger partial charge in [0.1, 0.15) is 18.2 Å². The lowest BCUT2D eigenvalue weighted by Crippen LogP contribution is -2.40. The van der Waals surface area contributed by atoms with E-state index in [0.29, 0.717) is 19.6 Å². The fraction of sp³-hybridized carbons (Fsp3) is 0.400. The number of hydrogen-bond donors (Lipinski definition) is 1. The molecule has 5 heteroatoms. The van der Waals surface area contributed by atoms with Crippen LogP contribution in [-0.4, -0.2) is 53.8 Å². The molecule has 1 aromatic heterocycles. The molecule has 180 valence electrons. The summed E-state index contributed by atoms with van der Waals surface area (Å²) in [5.74, 6) is 4.38. The van der Waals surface area contributed by atoms with Crippen LogP contribution in [0.15, 0.2) is 48.5 Å². The lowest BCUT2D eigenvalue weighted by atomic mass is 10.0. The van der Waals surface area contributed by atoms with Crippen molar-refractivity contribution < 1.29 is 4.74 Å². The third kappa shape index (κ3) is 5.73. The van der Waals surface area contributed by atoms with Crippen molar-refractivity contribution in [2.45, 2.75) is 45.1 Å². The van der Waals surface area contributed by atoms with Crippen LogP contribution in [0.2, 0.25) is 0 Å². The number of ether oxygens (including phenoxy) is 1. The third-order valence-electron chi connectivity index (χ3n) is 6.93. The molecule has 0 radical (unpaired) electrons. The Morgan fingerprint density at radius 3 is 2.71 bits per heavy atom. The van der Waals surface area contributed by atoms with Crippen molar-refractivity contribution in [1.29, 1.82) is 0 Å². The molecule has 1 unspecified atom stereocenters. The average Bonchev–Trinajstić information content (AvgIpc) is 3.24. The summed E-state index contributed by atoms with van der Waals surface area (Å²) in [6.07, 6.45) is 10.9. The van der Waals surface area contributed by atoms with Gasteiger partial charge in [-0.05, 0) is 49.5 Å². The highest BCUT2D eigenvalue weighted by Crippen LogP contribution is 2.40. The summed E-state index contributed by atoms with van der Waals surface area (Å²) in [4.78, 5) is 12.5. The minimum atomic E-state index is 0.00577. The molecule has 0 saturated carbocycles. The van der Waals surface area contributed by atoms with Crippen LogP contribution >= 0.6 is 0 Å². The largest absolute Gasteiger partial charge is 0.367 e. The molecule has 2 aliphatic rings. The fourth-order valence-corrected chi connectivity index (χ4v) is 5.23. The predicted molar refractivity (Wildman–Crippen MR) is 142 cm³/mol. The molecule has 3 aromatic rings. The van der Waals surface area contributed by atoms with Crippen molar-refractivity contribution in [2.24, 2.45) is 0 Å². The number of aromatic nitrogens is 2. The molecule has 1 aliphatic heterocycles. The number of likely N-dealkylation sites (tertiary alicyclic amines) is 1. The van der Waals surface area contributed by atoms with Gasteiger partial charge in [-0.1, -0.05) is 66.4 Å². The Kier molecular flexibility index (Phi) is 7.42. The second-order valence-electron chi connectivity index (χ2n) is 9.69. The molecule has 1 fully saturated rings. The monoisotopic (exact) mass is 466 g/mol. The van der Waals surface area contributed by atoms with E-state index in [-0.39, 0.29) is 6.10 Å². The van der Waals surface area contributed by atoms with Gasteiger partial charge in [0.2, 0.25) is 0 Å². The van der Waals surface area contributed by atoms with Crippen LogP contribution in [0, 0.1) is 19.3 Å². The van der Waals surface area contributed by atoms with Crippen molar-refractivity contribution >= 4 is 5.82 Å². The Morgan fingerprint density at radius 1 is 1.09 bits per heavy atom. The SMILES string of the molecule is C#CCOC(CNc1nc(Cc2ccccc2)nc2c1-c1ccc(C)cc1C2)CN1CCCCC1. The number of aryl methyl sites for hydroxylation is 1. The van der Waals surface area contributed by atoms with Gasteiger partial charge in [0.05, 0.1) is 11.8 Å². The van der Waals surface area contributed by atoms with Crippen molar-refractivity contribution in [3.63, 3.8) is 0 Å². The molecule has 0 amide bonds. The maximum absolute atomic E-state index is 6.06. The molecule has 35 heavy (non-hydrogen) atoms. The number of benzene rings is 2. The van der Waals surface area contributed by atoms with Gasteiger partial charge in [-0.2, -0.15) is 0 Å². The maximum Gasteiger partial charge on any atom is 0.138 e. The predicted octanol–water partition coefficient (Wildman–Crippen LogP) is 4.86. The highest BCUT2D eigenvalue weighted by molar-refractivity contribution is 5.84. The van der Waals surface area contributed by atoms with Gasteiger partial charge >= 0.3 is 0 Å². The van der Waals surface area contributed by atoms with E-state index in [1.54, 1.807) is 0 Å². The number of nitrogens with one attached hydrogen (secondary N) is 1. The molecule has 5 rings (SSSR count). The van der Waals surface area contributed by atoms with Gasteiger partial charge in [-0.3, -0.25) is 0 Å². The molecule has 2 heterocycles. The second kappa shape index (κ2) is 11.0. The van der Waals surface area contributed by atoms with Gasteiger partial charge in [0.15, 0.2) is 0 Å². The van der Waals surface area contributed by atoms with Crippen molar-refractivity contribution in [3.05, 3.63) is 76.7 Å². The molecule has 0 spiro atoms. The van der Waals surface area contributed by atoms with Gasteiger partial charge in [0, 0.05) is 31.5 Å². The normalized spacial score (nSPS) is 15.8. The van der Waals surface area contributed by atoms with Crippen LogP contribution in [0.25, 0.3) is 11.1 Å². The number of nitrogens with zero attached hydrogens (tertiary/aromatic N) is 3. The minimum Gasteiger partial charge on any atom is -0.367 e. The number of hydrogen-bond acceptors (Lipinski definition) is 5. The van der Waals surface area contributed by atoms with Crippen molar-refractivity contribution in [3.8, 4) is 23.5 Å². The number of rotatable bonds is 9. The highest BCUT2D eigenvalue weighted by Gasteiger charge is 2.26. The molecular weight excluding hydrogens is 432 g/mol. The molecule has 0 bridgehead atoms. The Morgan fingerprint density at radius 2 is 1.91 bits per heavy atom. The summed E-state index contributed by atoms with van der Waals surface area (Å²) in [6.45, 7) is 6.27. The summed E-state index contributed by atoms with van der Waals surface area (Å²) in [5.41, 5.74) is 7.27. The zero-order valence-electron chi connectivity index (χ0n) is 20.6. The van der Waals surface area contributed by atoms with Crippen LogP contribution in [0.4, 0.5) is 5.82 Å². The Hall–Kier alpha value is -3.20. The van der Waals surface area contributed by atoms with Gasteiger partial charge in [0.25, 0.3) is 0 Å². The standard InChI is InChI=1S/C30H34N4O/c1-3-16-35-25(21-34-14-8-5-9-15-34)20-31-30-29-26-13-12-22(2)17-24(26)19-27(29)32-28(33-30)18-23-10-6-4-7-11-23/h1,4,6-7,10-13,17,25H,5,8-9,14-16,18-21H2,2H3,(H,31,32,33). The first-order valence-corrected chi connectivity index (χ1v) is 12.7. The summed E-state index contributed by atoms with van der Waals surface area (Å²) in [6, 6.07) is 17.1. The van der Waals surface area contributed by atoms with Crippen LogP contribution < -0.4 is 5.32 Å². The Labute approximate surface area is 209 Å². The molecule has 1 N–H and O–H groups in total. The van der Waals surface area contributed by atoms with E-state index in [1.807, 2.05) is 6.07 Å². The third-order valence-corrected chi connectivity index (χ3v) is 6.93. The summed E-state index contributed by atoms with van der Waals surface area (Å²) < 4.78 is 6.06. The van der Waals surface area contributed by atoms with E-state index >= 15 is 0 Å². The first kappa shape index (κ1) is 23.5. The molecule has 2 aromatic carbocycles. The van der Waals surface area contributed by atoms with Crippen LogP contribution in [-0.2, 0) is 17.6 Å². The first-order valence-electron chi connectivity index (χ1n) is 12.7. The molecule has 1 saturated heterocycles. The first-order chi connectivity index (χ1) is 17.2. The lowest BCUT2D eigenvalue weighted by molar-refractivity contribution is 0.0483. The maximum atomic E-state index is 6.06. The lowest BCUT2D eigenvalue weighted by Gasteiger charge is -2.30. The highest BCUT2D eigenvalue weighted by atomic mass is 16.5. The average molecular weight is 467 g/mol. The quantitative estimate of drug-likeness (QED) is 0.357. The fourth-order valence-electron chi connectivity index (χ4n) is 5.23. The summed E-state index contributed by atoms with van der Waals surface area (Å²) in [5, 5.41) is 3.65. The molecule has 1 atom stereocenters. The number of anilines is 1. The Balaban J connectivity index is 1.41. The zero-order valence-corrected chi connectivity index (χ0v) is 20.6. The Bertz CT molecular complexity index is 1190. The smallest absolute Gasteiger partial charge is 0.138 e. The van der Waals surface area contributed by atoms with E-state index in [9.17, 15) is 0 Å². The molecular formula is C30H34N4O. The zero-order chi connectivity index (χ0) is 24.0. The van der Waals surface area contributed by atoms with E-state index < -0.39 is 0 Å². The summed E-state index contributed by atoms with van der Waals surface area (Å²) >= 11 is 0. The summed E-state index contributed by atoms with van der Waals surface area (Å²) in [7, 11) is 0. The molecule has 5 nitrogen and oxygen atoms in total. The van der Waals surface area contributed by atoms with Crippen molar-refractivity contribution in [2.75, 3.05) is 38.1 Å². The van der Waals surface area contributed by atoms with Crippen LogP contribution in [0.5, 0.6) is 0 Å². The van der Waals surface area contributed by atoms with Gasteiger partial charge < -0.3 is 15.0 Å². The van der Waals surface area contributed by atoms with Crippen LogP contribution in [0.1, 0.15) is 47.5 Å². The van der Waals surface area contributed by atoms with E-state index in [1.165, 1.54) is 41.5 Å². The topological polar surface area (TPSA) is 50.3 Å². The number of piperidine rings is 1. The van der Waals surface area contributed by atoms with Crippen LogP contribution in [0.3, 0.4) is 0 Å². The number of fused-ring (bicyclic) bond motifs is 3. The van der Waals surface area contributed by atoms with Gasteiger partial charge in [-0.15, -0.1) is 6.42 Å². The number of terminal acetylenes is 1. The second-order valence-corrected chi connectivity index (χ2v) is 9.69. The van der Waals surface area contributed by atoms with Crippen molar-refractivity contribution in [1.82, 2.24) is 14.9 Å². The van der Waals surface area contributed by atoms with E-state index in [0.717, 1.165) is 49.0 Å². The van der Waals surface area contributed by atoms with Gasteiger partial charge in [-0.25, -0.2) is 9.97 Å². The molecule has 1 aliphatic carbocycles. The minimum absolute atomic E-state index is 0.00577. The van der Waals surface area contributed by atoms with E-state index in [2.05, 4.69) is 65.5 Å².